The van der Waals surface area contributed by atoms with Crippen LogP contribution in [0.15, 0.2) is 42.5 Å². The molecule has 0 saturated heterocycles. The second kappa shape index (κ2) is 7.61. The van der Waals surface area contributed by atoms with E-state index in [1.807, 2.05) is 56.3 Å². The number of hydrogen-bond donors (Lipinski definition) is 3. The maximum absolute atomic E-state index is 11.7. The molecule has 116 valence electrons. The number of benzene rings is 2. The average molecular weight is 317 g/mol. The number of ether oxygens (including phenoxy) is 1. The van der Waals surface area contributed by atoms with Crippen LogP contribution in [-0.2, 0) is 4.79 Å². The maximum atomic E-state index is 11.7. The van der Waals surface area contributed by atoms with Crippen LogP contribution in [0.25, 0.3) is 10.8 Å². The van der Waals surface area contributed by atoms with Crippen LogP contribution in [-0.4, -0.2) is 23.7 Å². The van der Waals surface area contributed by atoms with E-state index in [9.17, 15) is 4.79 Å². The Morgan fingerprint density at radius 1 is 1.14 bits per heavy atom. The van der Waals surface area contributed by atoms with Gasteiger partial charge in [-0.25, -0.2) is 0 Å². The molecule has 0 aromatic heterocycles. The predicted octanol–water partition coefficient (Wildman–Crippen LogP) is 2.12. The van der Waals surface area contributed by atoms with Crippen molar-refractivity contribution in [2.75, 3.05) is 6.61 Å². The monoisotopic (exact) mass is 317 g/mol. The molecule has 0 fully saturated rings. The molecule has 2 aromatic carbocycles. The van der Waals surface area contributed by atoms with Crippen LogP contribution >= 0.6 is 12.2 Å². The first-order valence-electron chi connectivity index (χ1n) is 7.01. The van der Waals surface area contributed by atoms with Crippen LogP contribution in [0.3, 0.4) is 0 Å². The van der Waals surface area contributed by atoms with Crippen molar-refractivity contribution in [1.82, 2.24) is 16.2 Å². The molecule has 0 bridgehead atoms. The molecule has 0 heterocycles. The van der Waals surface area contributed by atoms with Gasteiger partial charge in [0.2, 0.25) is 0 Å². The Morgan fingerprint density at radius 2 is 1.86 bits per heavy atom. The number of carbonyl (C=O) groups excluding carboxylic acids is 1. The first-order chi connectivity index (χ1) is 10.5. The van der Waals surface area contributed by atoms with E-state index >= 15 is 0 Å². The number of thiocarbonyl (C=S) groups is 1. The lowest BCUT2D eigenvalue weighted by atomic mass is 10.1. The average Bonchev–Trinajstić information content (AvgIpc) is 2.50. The van der Waals surface area contributed by atoms with Crippen molar-refractivity contribution in [3.8, 4) is 5.75 Å². The highest BCUT2D eigenvalue weighted by Gasteiger charge is 2.04. The molecule has 0 saturated carbocycles. The van der Waals surface area contributed by atoms with Crippen molar-refractivity contribution in [3.63, 3.8) is 0 Å². The lowest BCUT2D eigenvalue weighted by Crippen LogP contribution is -2.49. The van der Waals surface area contributed by atoms with Gasteiger partial charge in [-0.1, -0.05) is 30.3 Å². The highest BCUT2D eigenvalue weighted by Crippen LogP contribution is 2.20. The van der Waals surface area contributed by atoms with Gasteiger partial charge in [-0.15, -0.1) is 0 Å². The molecule has 6 heteroatoms. The Balaban J connectivity index is 1.81. The number of hydrazine groups is 1. The van der Waals surface area contributed by atoms with Gasteiger partial charge in [0.05, 0.1) is 0 Å². The molecule has 0 spiro atoms. The van der Waals surface area contributed by atoms with Crippen LogP contribution in [0.5, 0.6) is 5.75 Å². The van der Waals surface area contributed by atoms with Crippen molar-refractivity contribution < 1.29 is 9.53 Å². The first-order valence-corrected chi connectivity index (χ1v) is 7.42. The molecule has 1 amide bonds. The van der Waals surface area contributed by atoms with Crippen LogP contribution in [0, 0.1) is 0 Å². The van der Waals surface area contributed by atoms with E-state index in [-0.39, 0.29) is 18.6 Å². The van der Waals surface area contributed by atoms with E-state index in [0.717, 1.165) is 10.8 Å². The third-order valence-corrected chi connectivity index (χ3v) is 3.05. The number of hydrogen-bond acceptors (Lipinski definition) is 3. The summed E-state index contributed by atoms with van der Waals surface area (Å²) in [7, 11) is 0. The van der Waals surface area contributed by atoms with Crippen LogP contribution in [0.1, 0.15) is 13.8 Å². The van der Waals surface area contributed by atoms with Crippen molar-refractivity contribution >= 4 is 34.0 Å². The molecule has 0 radical (unpaired) electrons. The third kappa shape index (κ3) is 4.89. The molecule has 0 unspecified atom stereocenters. The Bertz CT molecular complexity index is 673. The fourth-order valence-corrected chi connectivity index (χ4v) is 2.15. The van der Waals surface area contributed by atoms with Gasteiger partial charge >= 0.3 is 0 Å². The van der Waals surface area contributed by atoms with Crippen LogP contribution in [0.2, 0.25) is 0 Å². The third-order valence-electron chi connectivity index (χ3n) is 2.83. The minimum Gasteiger partial charge on any atom is -0.484 e. The van der Waals surface area contributed by atoms with E-state index in [1.165, 1.54) is 0 Å². The molecule has 0 aliphatic heterocycles. The second-order valence-electron chi connectivity index (χ2n) is 5.10. The van der Waals surface area contributed by atoms with E-state index in [4.69, 9.17) is 17.0 Å². The zero-order valence-corrected chi connectivity index (χ0v) is 13.4. The number of rotatable bonds is 4. The Hall–Kier alpha value is -2.34. The van der Waals surface area contributed by atoms with E-state index < -0.39 is 0 Å². The zero-order valence-electron chi connectivity index (χ0n) is 12.6. The van der Waals surface area contributed by atoms with E-state index in [1.54, 1.807) is 0 Å². The predicted molar refractivity (Wildman–Crippen MR) is 91.6 cm³/mol. The summed E-state index contributed by atoms with van der Waals surface area (Å²) in [6, 6.07) is 13.9. The van der Waals surface area contributed by atoms with Gasteiger partial charge in [-0.3, -0.25) is 15.6 Å². The molecular weight excluding hydrogens is 298 g/mol. The van der Waals surface area contributed by atoms with Gasteiger partial charge in [0.1, 0.15) is 5.75 Å². The summed E-state index contributed by atoms with van der Waals surface area (Å²) < 4.78 is 5.47. The molecule has 2 aromatic rings. The summed E-state index contributed by atoms with van der Waals surface area (Å²) >= 11 is 5.00. The number of fused-ring (bicyclic) bond motifs is 1. The molecule has 0 aliphatic carbocycles. The summed E-state index contributed by atoms with van der Waals surface area (Å²) in [5.41, 5.74) is 5.10. The fourth-order valence-electron chi connectivity index (χ4n) is 1.87. The summed E-state index contributed by atoms with van der Waals surface area (Å²) in [5.74, 6) is 0.345. The van der Waals surface area contributed by atoms with Gasteiger partial charge < -0.3 is 10.1 Å². The highest BCUT2D eigenvalue weighted by molar-refractivity contribution is 7.80. The Labute approximate surface area is 135 Å². The van der Waals surface area contributed by atoms with E-state index in [0.29, 0.717) is 10.9 Å². The summed E-state index contributed by atoms with van der Waals surface area (Å²) in [6.07, 6.45) is 0. The first kappa shape index (κ1) is 16.0. The number of amides is 1. The van der Waals surface area contributed by atoms with Gasteiger partial charge in [0.15, 0.2) is 11.7 Å². The SMILES string of the molecule is CC(C)NC(=S)NNC(=O)COc1ccc2ccccc2c1. The highest BCUT2D eigenvalue weighted by atomic mass is 32.1. The zero-order chi connectivity index (χ0) is 15.9. The lowest BCUT2D eigenvalue weighted by Gasteiger charge is -2.14. The van der Waals surface area contributed by atoms with Crippen molar-refractivity contribution in [1.29, 1.82) is 0 Å². The molecular formula is C16H19N3O2S. The van der Waals surface area contributed by atoms with Gasteiger partial charge in [0.25, 0.3) is 5.91 Å². The smallest absolute Gasteiger partial charge is 0.276 e. The quantitative estimate of drug-likeness (QED) is 0.595. The molecule has 5 nitrogen and oxygen atoms in total. The van der Waals surface area contributed by atoms with Crippen LogP contribution < -0.4 is 20.9 Å². The summed E-state index contributed by atoms with van der Waals surface area (Å²) in [4.78, 5) is 11.7. The topological polar surface area (TPSA) is 62.4 Å². The standard InChI is InChI=1S/C16H19N3O2S/c1-11(2)17-16(22)19-18-15(20)10-21-14-8-7-12-5-3-4-6-13(12)9-14/h3-9,11H,10H2,1-2H3,(H,18,20)(H2,17,19,22). The molecule has 0 atom stereocenters. The molecule has 0 aliphatic rings. The minimum absolute atomic E-state index is 0.0877. The van der Waals surface area contributed by atoms with Gasteiger partial charge in [0, 0.05) is 6.04 Å². The number of nitrogens with one attached hydrogen (secondary N) is 3. The largest absolute Gasteiger partial charge is 0.484 e. The van der Waals surface area contributed by atoms with Crippen molar-refractivity contribution in [2.24, 2.45) is 0 Å². The van der Waals surface area contributed by atoms with Gasteiger partial charge in [-0.2, -0.15) is 0 Å². The second-order valence-corrected chi connectivity index (χ2v) is 5.51. The van der Waals surface area contributed by atoms with Crippen molar-refractivity contribution in [3.05, 3.63) is 42.5 Å². The van der Waals surface area contributed by atoms with Crippen LogP contribution in [0.4, 0.5) is 0 Å². The fraction of sp³-hybridized carbons (Fsp3) is 0.250. The molecule has 22 heavy (non-hydrogen) atoms. The molecule has 3 N–H and O–H groups in total. The molecule has 2 rings (SSSR count). The Kier molecular flexibility index (Phi) is 5.55. The van der Waals surface area contributed by atoms with Gasteiger partial charge in [-0.05, 0) is 49.0 Å². The normalized spacial score (nSPS) is 10.3. The lowest BCUT2D eigenvalue weighted by molar-refractivity contribution is -0.123. The minimum atomic E-state index is -0.305. The summed E-state index contributed by atoms with van der Waals surface area (Å²) in [6.45, 7) is 3.83. The summed E-state index contributed by atoms with van der Waals surface area (Å²) in [5, 5.41) is 5.53. The van der Waals surface area contributed by atoms with E-state index in [2.05, 4.69) is 16.2 Å². The number of carbonyl (C=O) groups is 1. The Morgan fingerprint density at radius 3 is 2.59 bits per heavy atom. The van der Waals surface area contributed by atoms with Crippen molar-refractivity contribution in [2.45, 2.75) is 19.9 Å². The maximum Gasteiger partial charge on any atom is 0.276 e.